The van der Waals surface area contributed by atoms with E-state index in [1.54, 1.807) is 23.1 Å². The molecular weight excluding hydrogens is 330 g/mol. The molecule has 1 unspecified atom stereocenters. The number of thioether (sulfide) groups is 1. The molecule has 1 atom stereocenters. The van der Waals surface area contributed by atoms with Crippen molar-refractivity contribution in [1.29, 1.82) is 0 Å². The summed E-state index contributed by atoms with van der Waals surface area (Å²) in [5.74, 6) is 3.29. The molecule has 2 fully saturated rings. The quantitative estimate of drug-likeness (QED) is 0.797. The minimum atomic E-state index is 0.216. The Morgan fingerprint density at radius 1 is 1.43 bits per heavy atom. The van der Waals surface area contributed by atoms with Crippen LogP contribution in [0, 0.1) is 0 Å². The summed E-state index contributed by atoms with van der Waals surface area (Å²) < 4.78 is 5.25. The lowest BCUT2D eigenvalue weighted by Crippen LogP contribution is -2.31. The van der Waals surface area contributed by atoms with E-state index in [-0.39, 0.29) is 11.9 Å². The number of hydrogen-bond donors (Lipinski definition) is 0. The molecule has 1 amide bonds. The molecule has 23 heavy (non-hydrogen) atoms. The van der Waals surface area contributed by atoms with Crippen LogP contribution in [0.2, 0.25) is 0 Å². The molecule has 3 heterocycles. The molecule has 2 aliphatic rings. The van der Waals surface area contributed by atoms with Gasteiger partial charge in [0.15, 0.2) is 5.82 Å². The van der Waals surface area contributed by atoms with E-state index in [4.69, 9.17) is 4.52 Å². The molecule has 0 spiro atoms. The summed E-state index contributed by atoms with van der Waals surface area (Å²) >= 11 is 3.30. The number of carbonyl (C=O) groups is 1. The van der Waals surface area contributed by atoms with Gasteiger partial charge in [-0.1, -0.05) is 11.2 Å². The first kappa shape index (κ1) is 15.2. The van der Waals surface area contributed by atoms with Gasteiger partial charge in [-0.05, 0) is 37.1 Å². The fourth-order valence-electron chi connectivity index (χ4n) is 2.98. The van der Waals surface area contributed by atoms with E-state index in [0.717, 1.165) is 25.2 Å². The van der Waals surface area contributed by atoms with Gasteiger partial charge in [0.05, 0.1) is 17.5 Å². The van der Waals surface area contributed by atoms with Gasteiger partial charge >= 0.3 is 0 Å². The van der Waals surface area contributed by atoms with Gasteiger partial charge in [-0.25, -0.2) is 0 Å². The average Bonchev–Trinajstić information content (AvgIpc) is 3.02. The molecule has 2 aromatic rings. The number of likely N-dealkylation sites (tertiary alicyclic amines) is 1. The van der Waals surface area contributed by atoms with Crippen LogP contribution < -0.4 is 0 Å². The maximum atomic E-state index is 12.5. The number of rotatable bonds is 6. The first-order valence-electron chi connectivity index (χ1n) is 8.04. The Labute approximate surface area is 143 Å². The minimum absolute atomic E-state index is 0.216. The van der Waals surface area contributed by atoms with Crippen LogP contribution in [-0.2, 0) is 10.5 Å². The molecule has 122 valence electrons. The van der Waals surface area contributed by atoms with E-state index in [2.05, 4.69) is 27.7 Å². The van der Waals surface area contributed by atoms with E-state index >= 15 is 0 Å². The Morgan fingerprint density at radius 2 is 2.35 bits per heavy atom. The topological polar surface area (TPSA) is 59.2 Å². The molecule has 4 rings (SSSR count). The highest BCUT2D eigenvalue weighted by Crippen LogP contribution is 2.38. The number of hydrogen-bond acceptors (Lipinski definition) is 6. The van der Waals surface area contributed by atoms with Crippen molar-refractivity contribution < 1.29 is 9.32 Å². The second-order valence-electron chi connectivity index (χ2n) is 6.07. The minimum Gasteiger partial charge on any atom is -0.338 e. The normalized spacial score (nSPS) is 21.0. The lowest BCUT2D eigenvalue weighted by atomic mass is 10.2. The maximum absolute atomic E-state index is 12.5. The Hall–Kier alpha value is -1.34. The van der Waals surface area contributed by atoms with Gasteiger partial charge in [0.25, 0.3) is 0 Å². The highest BCUT2D eigenvalue weighted by Gasteiger charge is 2.31. The number of carbonyl (C=O) groups excluding carboxylic acids is 1. The second-order valence-corrected chi connectivity index (χ2v) is 8.04. The molecule has 0 aromatic carbocycles. The van der Waals surface area contributed by atoms with Gasteiger partial charge in [-0.2, -0.15) is 4.98 Å². The van der Waals surface area contributed by atoms with Gasteiger partial charge in [-0.15, -0.1) is 23.1 Å². The van der Waals surface area contributed by atoms with Crippen LogP contribution in [0.3, 0.4) is 0 Å². The predicted octanol–water partition coefficient (Wildman–Crippen LogP) is 3.61. The summed E-state index contributed by atoms with van der Waals surface area (Å²) in [7, 11) is 0. The number of aromatic nitrogens is 2. The van der Waals surface area contributed by atoms with E-state index in [1.807, 2.05) is 4.90 Å². The van der Waals surface area contributed by atoms with E-state index < -0.39 is 0 Å². The average molecular weight is 349 g/mol. The van der Waals surface area contributed by atoms with Crippen molar-refractivity contribution in [2.24, 2.45) is 0 Å². The highest BCUT2D eigenvalue weighted by molar-refractivity contribution is 7.99. The van der Waals surface area contributed by atoms with Crippen molar-refractivity contribution in [1.82, 2.24) is 15.0 Å². The molecule has 1 aliphatic heterocycles. The Kier molecular flexibility index (Phi) is 4.39. The molecule has 1 saturated heterocycles. The van der Waals surface area contributed by atoms with Crippen LogP contribution in [0.5, 0.6) is 0 Å². The van der Waals surface area contributed by atoms with Crippen LogP contribution in [0.1, 0.15) is 54.2 Å². The van der Waals surface area contributed by atoms with Crippen molar-refractivity contribution in [3.05, 3.63) is 34.1 Å². The third-order valence-electron chi connectivity index (χ3n) is 4.32. The van der Waals surface area contributed by atoms with Crippen molar-refractivity contribution in [3.8, 4) is 0 Å². The van der Waals surface area contributed by atoms with E-state index in [1.165, 1.54) is 17.7 Å². The monoisotopic (exact) mass is 349 g/mol. The van der Waals surface area contributed by atoms with Crippen LogP contribution >= 0.6 is 23.1 Å². The predicted molar refractivity (Wildman–Crippen MR) is 90.4 cm³/mol. The number of nitrogens with zero attached hydrogens (tertiary/aromatic N) is 3. The fraction of sp³-hybridized carbons (Fsp3) is 0.562. The third kappa shape index (κ3) is 3.45. The Bertz CT molecular complexity index is 667. The SMILES string of the molecule is O=C(CSCc1nc(C2CC2)no1)N1CCCC1c1cccs1. The summed E-state index contributed by atoms with van der Waals surface area (Å²) in [5.41, 5.74) is 0. The van der Waals surface area contributed by atoms with Gasteiger partial charge in [0.2, 0.25) is 11.8 Å². The molecule has 0 radical (unpaired) electrons. The van der Waals surface area contributed by atoms with E-state index in [0.29, 0.717) is 23.3 Å². The summed E-state index contributed by atoms with van der Waals surface area (Å²) in [4.78, 5) is 20.2. The van der Waals surface area contributed by atoms with Crippen molar-refractivity contribution in [3.63, 3.8) is 0 Å². The van der Waals surface area contributed by atoms with Crippen molar-refractivity contribution in [2.45, 2.75) is 43.4 Å². The zero-order valence-corrected chi connectivity index (χ0v) is 14.4. The fourth-order valence-corrected chi connectivity index (χ4v) is 4.59. The summed E-state index contributed by atoms with van der Waals surface area (Å²) in [6, 6.07) is 4.46. The van der Waals surface area contributed by atoms with Crippen LogP contribution in [0.15, 0.2) is 22.0 Å². The van der Waals surface area contributed by atoms with Gasteiger partial charge in [0, 0.05) is 17.3 Å². The molecule has 0 N–H and O–H groups in total. The number of thiophene rings is 1. The zero-order chi connectivity index (χ0) is 15.6. The van der Waals surface area contributed by atoms with Gasteiger partial charge in [0.1, 0.15) is 0 Å². The summed E-state index contributed by atoms with van der Waals surface area (Å²) in [5, 5.41) is 6.09. The van der Waals surface area contributed by atoms with Crippen LogP contribution in [0.4, 0.5) is 0 Å². The van der Waals surface area contributed by atoms with Gasteiger partial charge in [-0.3, -0.25) is 4.79 Å². The Balaban J connectivity index is 1.29. The maximum Gasteiger partial charge on any atom is 0.236 e. The first-order valence-corrected chi connectivity index (χ1v) is 10.1. The summed E-state index contributed by atoms with van der Waals surface area (Å²) in [6.07, 6.45) is 4.51. The molecule has 5 nitrogen and oxygen atoms in total. The molecule has 1 aliphatic carbocycles. The molecule has 1 saturated carbocycles. The molecular formula is C16H19N3O2S2. The van der Waals surface area contributed by atoms with Crippen LogP contribution in [-0.4, -0.2) is 33.2 Å². The largest absolute Gasteiger partial charge is 0.338 e. The molecule has 2 aromatic heterocycles. The molecule has 7 heteroatoms. The van der Waals surface area contributed by atoms with Gasteiger partial charge < -0.3 is 9.42 Å². The summed E-state index contributed by atoms with van der Waals surface area (Å²) in [6.45, 7) is 0.869. The van der Waals surface area contributed by atoms with Crippen molar-refractivity contribution in [2.75, 3.05) is 12.3 Å². The third-order valence-corrected chi connectivity index (χ3v) is 6.20. The van der Waals surface area contributed by atoms with E-state index in [9.17, 15) is 4.79 Å². The Morgan fingerprint density at radius 3 is 3.13 bits per heavy atom. The zero-order valence-electron chi connectivity index (χ0n) is 12.8. The standard InChI is InChI=1S/C16H19N3O2S2/c20-15(19-7-1-3-12(19)13-4-2-8-23-13)10-22-9-14-17-16(18-21-14)11-5-6-11/h2,4,8,11-12H,1,3,5-7,9-10H2. The lowest BCUT2D eigenvalue weighted by Gasteiger charge is -2.23. The highest BCUT2D eigenvalue weighted by atomic mass is 32.2. The van der Waals surface area contributed by atoms with Crippen molar-refractivity contribution >= 4 is 29.0 Å². The van der Waals surface area contributed by atoms with Crippen LogP contribution in [0.25, 0.3) is 0 Å². The first-order chi connectivity index (χ1) is 11.3. The smallest absolute Gasteiger partial charge is 0.236 e. The number of amides is 1. The second kappa shape index (κ2) is 6.65. The molecule has 0 bridgehead atoms. The lowest BCUT2D eigenvalue weighted by molar-refractivity contribution is -0.129.